The van der Waals surface area contributed by atoms with Gasteiger partial charge in [0.1, 0.15) is 0 Å². The van der Waals surface area contributed by atoms with Gasteiger partial charge in [-0.25, -0.2) is 0 Å². The summed E-state index contributed by atoms with van der Waals surface area (Å²) in [7, 11) is -0.294. The van der Waals surface area contributed by atoms with Gasteiger partial charge in [0.05, 0.1) is 4.92 Å². The molecule has 0 fully saturated rings. The van der Waals surface area contributed by atoms with Gasteiger partial charge in [-0.15, -0.1) is 0 Å². The Labute approximate surface area is 63.9 Å². The van der Waals surface area contributed by atoms with Crippen molar-refractivity contribution >= 4 is 18.6 Å². The van der Waals surface area contributed by atoms with E-state index < -0.39 is 4.92 Å². The van der Waals surface area contributed by atoms with Crippen LogP contribution in [-0.4, -0.2) is 17.4 Å². The van der Waals surface area contributed by atoms with Crippen LogP contribution >= 0.6 is 0 Å². The molecule has 0 spiro atoms. The topological polar surface area (TPSA) is 63.4 Å². The number of nitro groups is 1. The lowest BCUT2D eigenvalue weighted by atomic mass is 9.87. The average Bonchev–Trinajstić information content (AvgIpc) is 2.04. The van der Waals surface area contributed by atoms with Crippen LogP contribution in [0.1, 0.15) is 0 Å². The van der Waals surface area contributed by atoms with E-state index in [0.29, 0.717) is 5.46 Å². The third-order valence-electron chi connectivity index (χ3n) is 1.36. The second-order valence-corrected chi connectivity index (χ2v) is 2.04. The summed E-state index contributed by atoms with van der Waals surface area (Å²) < 4.78 is 0. The van der Waals surface area contributed by atoms with Gasteiger partial charge >= 0.3 is 7.48 Å². The van der Waals surface area contributed by atoms with Crippen molar-refractivity contribution in [3.63, 3.8) is 0 Å². The molecule has 1 aromatic carbocycles. The third kappa shape index (κ3) is 1.56. The van der Waals surface area contributed by atoms with Crippen LogP contribution in [-0.2, 0) is 0 Å². The first-order valence-electron chi connectivity index (χ1n) is 3.09. The molecule has 0 aliphatic heterocycles. The van der Waals surface area contributed by atoms with Gasteiger partial charge in [-0.2, -0.15) is 0 Å². The standard InChI is InChI=1S/C6H6BNO3/c9-7-5-3-1-2-4-6(5)8(10)11/h1-4,7,9H. The molecule has 1 rings (SSSR count). The fourth-order valence-electron chi connectivity index (χ4n) is 0.823. The molecule has 5 heteroatoms. The minimum absolute atomic E-state index is 0.0324. The van der Waals surface area contributed by atoms with E-state index in [1.165, 1.54) is 12.1 Å². The highest BCUT2D eigenvalue weighted by Crippen LogP contribution is 2.04. The van der Waals surface area contributed by atoms with Crippen LogP contribution in [0.15, 0.2) is 24.3 Å². The zero-order valence-corrected chi connectivity index (χ0v) is 5.73. The van der Waals surface area contributed by atoms with Gasteiger partial charge in [0.2, 0.25) is 0 Å². The number of rotatable bonds is 2. The lowest BCUT2D eigenvalue weighted by molar-refractivity contribution is -0.383. The van der Waals surface area contributed by atoms with Crippen LogP contribution in [0.3, 0.4) is 0 Å². The molecule has 0 aliphatic carbocycles. The van der Waals surface area contributed by atoms with Crippen molar-refractivity contribution in [3.05, 3.63) is 34.4 Å². The Kier molecular flexibility index (Phi) is 2.23. The Balaban J connectivity index is 3.12. The summed E-state index contributed by atoms with van der Waals surface area (Å²) >= 11 is 0. The molecule has 0 unspecified atom stereocenters. The van der Waals surface area contributed by atoms with E-state index in [9.17, 15) is 10.1 Å². The molecular weight excluding hydrogens is 145 g/mol. The molecule has 0 saturated heterocycles. The fraction of sp³-hybridized carbons (Fsp3) is 0. The highest BCUT2D eigenvalue weighted by atomic mass is 16.6. The largest absolute Gasteiger partial charge is 0.449 e. The highest BCUT2D eigenvalue weighted by molar-refractivity contribution is 6.47. The summed E-state index contributed by atoms with van der Waals surface area (Å²) in [4.78, 5) is 9.77. The van der Waals surface area contributed by atoms with Crippen LogP contribution in [0.5, 0.6) is 0 Å². The average molecular weight is 151 g/mol. The Hall–Kier alpha value is -1.36. The van der Waals surface area contributed by atoms with Crippen LogP contribution < -0.4 is 5.46 Å². The van der Waals surface area contributed by atoms with Gasteiger partial charge in [0.15, 0.2) is 0 Å². The maximum Gasteiger partial charge on any atom is 0.312 e. The summed E-state index contributed by atoms with van der Waals surface area (Å²) in [5.41, 5.74) is 0.313. The molecule has 1 N–H and O–H groups in total. The molecule has 0 amide bonds. The van der Waals surface area contributed by atoms with E-state index in [4.69, 9.17) is 5.02 Å². The van der Waals surface area contributed by atoms with Crippen molar-refractivity contribution in [1.82, 2.24) is 0 Å². The SMILES string of the molecule is O=[N+]([O-])c1ccccc1BO. The molecule has 0 aromatic heterocycles. The molecule has 0 saturated carbocycles. The zero-order valence-electron chi connectivity index (χ0n) is 5.73. The molecule has 0 aliphatic rings. The van der Waals surface area contributed by atoms with Crippen LogP contribution in [0, 0.1) is 10.1 Å². The fourth-order valence-corrected chi connectivity index (χ4v) is 0.823. The Morgan fingerprint density at radius 1 is 1.45 bits per heavy atom. The molecule has 1 aromatic rings. The summed E-state index contributed by atoms with van der Waals surface area (Å²) in [6.45, 7) is 0. The minimum Gasteiger partial charge on any atom is -0.449 e. The first-order valence-corrected chi connectivity index (χ1v) is 3.09. The Bertz CT molecular complexity index is 276. The lowest BCUT2D eigenvalue weighted by Crippen LogP contribution is -2.17. The molecule has 56 valence electrons. The molecule has 11 heavy (non-hydrogen) atoms. The first-order chi connectivity index (χ1) is 5.25. The van der Waals surface area contributed by atoms with Crippen LogP contribution in [0.25, 0.3) is 0 Å². The number of para-hydroxylation sites is 1. The van der Waals surface area contributed by atoms with Crippen molar-refractivity contribution in [1.29, 1.82) is 0 Å². The molecular formula is C6H6BNO3. The second kappa shape index (κ2) is 3.16. The number of hydrogen-bond donors (Lipinski definition) is 1. The maximum absolute atomic E-state index is 10.3. The number of hydrogen-bond acceptors (Lipinski definition) is 3. The van der Waals surface area contributed by atoms with Gasteiger partial charge in [-0.3, -0.25) is 10.1 Å². The predicted octanol–water partition coefficient (Wildman–Crippen LogP) is -0.436. The van der Waals surface area contributed by atoms with Crippen LogP contribution in [0.2, 0.25) is 0 Å². The van der Waals surface area contributed by atoms with Gasteiger partial charge < -0.3 is 5.02 Å². The first kappa shape index (κ1) is 7.75. The van der Waals surface area contributed by atoms with Gasteiger partial charge in [-0.1, -0.05) is 18.2 Å². The molecule has 0 atom stereocenters. The van der Waals surface area contributed by atoms with Crippen molar-refractivity contribution in [2.45, 2.75) is 0 Å². The number of nitrogens with zero attached hydrogens (tertiary/aromatic N) is 1. The summed E-state index contributed by atoms with van der Waals surface area (Å²) in [6.07, 6.45) is 0. The van der Waals surface area contributed by atoms with Crippen molar-refractivity contribution in [3.8, 4) is 0 Å². The quantitative estimate of drug-likeness (QED) is 0.354. The van der Waals surface area contributed by atoms with Crippen molar-refractivity contribution in [2.75, 3.05) is 0 Å². The van der Waals surface area contributed by atoms with E-state index in [0.717, 1.165) is 0 Å². The van der Waals surface area contributed by atoms with E-state index in [1.54, 1.807) is 12.1 Å². The summed E-state index contributed by atoms with van der Waals surface area (Å²) in [5, 5.41) is 18.9. The molecule has 0 heterocycles. The minimum atomic E-state index is -0.508. The van der Waals surface area contributed by atoms with Gasteiger partial charge in [0, 0.05) is 11.5 Å². The second-order valence-electron chi connectivity index (χ2n) is 2.04. The smallest absolute Gasteiger partial charge is 0.312 e. The van der Waals surface area contributed by atoms with Crippen molar-refractivity contribution < 1.29 is 9.95 Å². The Morgan fingerprint density at radius 2 is 2.09 bits per heavy atom. The van der Waals surface area contributed by atoms with E-state index >= 15 is 0 Å². The summed E-state index contributed by atoms with van der Waals surface area (Å²) in [5.74, 6) is 0. The van der Waals surface area contributed by atoms with Gasteiger partial charge in [0.25, 0.3) is 5.69 Å². The van der Waals surface area contributed by atoms with E-state index in [-0.39, 0.29) is 13.2 Å². The monoisotopic (exact) mass is 151 g/mol. The van der Waals surface area contributed by atoms with E-state index in [2.05, 4.69) is 0 Å². The lowest BCUT2D eigenvalue weighted by Gasteiger charge is -1.94. The molecule has 4 nitrogen and oxygen atoms in total. The zero-order chi connectivity index (χ0) is 8.27. The predicted molar refractivity (Wildman–Crippen MR) is 42.1 cm³/mol. The third-order valence-corrected chi connectivity index (χ3v) is 1.36. The van der Waals surface area contributed by atoms with E-state index in [1.807, 2.05) is 0 Å². The van der Waals surface area contributed by atoms with Gasteiger partial charge in [-0.05, 0) is 0 Å². The maximum atomic E-state index is 10.3. The Morgan fingerprint density at radius 3 is 2.55 bits per heavy atom. The van der Waals surface area contributed by atoms with Crippen molar-refractivity contribution in [2.24, 2.45) is 0 Å². The number of benzene rings is 1. The molecule has 0 bridgehead atoms. The number of nitro benzene ring substituents is 1. The normalized spacial score (nSPS) is 9.18. The highest BCUT2D eigenvalue weighted by Gasteiger charge is 2.10. The molecule has 0 radical (unpaired) electrons. The summed E-state index contributed by atoms with van der Waals surface area (Å²) in [6, 6.07) is 6.11. The van der Waals surface area contributed by atoms with Crippen LogP contribution in [0.4, 0.5) is 5.69 Å².